The first kappa shape index (κ1) is 17.9. The van der Waals surface area contributed by atoms with E-state index in [1.54, 1.807) is 12.1 Å². The molecule has 0 saturated carbocycles. The topological polar surface area (TPSA) is 84.5 Å². The number of methoxy groups -OCH3 is 1. The van der Waals surface area contributed by atoms with Crippen LogP contribution >= 0.6 is 0 Å². The van der Waals surface area contributed by atoms with Crippen molar-refractivity contribution in [3.63, 3.8) is 0 Å². The van der Waals surface area contributed by atoms with Crippen LogP contribution in [0.3, 0.4) is 0 Å². The van der Waals surface area contributed by atoms with Crippen LogP contribution in [0.1, 0.15) is 31.2 Å². The van der Waals surface area contributed by atoms with Crippen molar-refractivity contribution < 1.29 is 23.5 Å². The van der Waals surface area contributed by atoms with Gasteiger partial charge in [-0.15, -0.1) is 0 Å². The summed E-state index contributed by atoms with van der Waals surface area (Å²) >= 11 is 0. The van der Waals surface area contributed by atoms with Crippen molar-refractivity contribution in [1.29, 1.82) is 0 Å². The summed E-state index contributed by atoms with van der Waals surface area (Å²) in [5, 5.41) is 5.44. The van der Waals surface area contributed by atoms with Crippen LogP contribution in [0.5, 0.6) is 0 Å². The number of hydrogen-bond donors (Lipinski definition) is 2. The molecule has 1 saturated heterocycles. The zero-order valence-corrected chi connectivity index (χ0v) is 13.6. The molecule has 0 spiro atoms. The number of esters is 1. The van der Waals surface area contributed by atoms with Gasteiger partial charge in [0.05, 0.1) is 7.11 Å². The molecule has 1 aromatic rings. The van der Waals surface area contributed by atoms with E-state index in [0.717, 1.165) is 5.56 Å². The van der Waals surface area contributed by atoms with E-state index in [-0.39, 0.29) is 30.6 Å². The van der Waals surface area contributed by atoms with Gasteiger partial charge in [-0.05, 0) is 37.0 Å². The Labute approximate surface area is 139 Å². The summed E-state index contributed by atoms with van der Waals surface area (Å²) in [5.74, 6) is -1.16. The van der Waals surface area contributed by atoms with Crippen molar-refractivity contribution in [2.24, 2.45) is 0 Å². The Hall–Kier alpha value is -2.44. The monoisotopic (exact) mass is 336 g/mol. The second-order valence-electron chi connectivity index (χ2n) is 5.98. The van der Waals surface area contributed by atoms with E-state index < -0.39 is 11.5 Å². The van der Waals surface area contributed by atoms with Crippen LogP contribution in [0.2, 0.25) is 0 Å². The lowest BCUT2D eigenvalue weighted by Crippen LogP contribution is -2.44. The molecular weight excluding hydrogens is 315 g/mol. The van der Waals surface area contributed by atoms with Gasteiger partial charge in [0.1, 0.15) is 12.4 Å². The van der Waals surface area contributed by atoms with Gasteiger partial charge in [0.2, 0.25) is 11.8 Å². The number of rotatable bonds is 7. The highest BCUT2D eigenvalue weighted by Gasteiger charge is 2.37. The van der Waals surface area contributed by atoms with E-state index in [4.69, 9.17) is 0 Å². The number of amides is 2. The first-order chi connectivity index (χ1) is 11.4. The lowest BCUT2D eigenvalue weighted by Gasteiger charge is -2.29. The van der Waals surface area contributed by atoms with Crippen LogP contribution in [0.25, 0.3) is 0 Å². The zero-order valence-electron chi connectivity index (χ0n) is 13.6. The van der Waals surface area contributed by atoms with Crippen LogP contribution in [0.4, 0.5) is 4.39 Å². The normalized spacial score (nSPS) is 19.7. The molecule has 1 fully saturated rings. The molecule has 1 aliphatic heterocycles. The predicted octanol–water partition coefficient (Wildman–Crippen LogP) is 1.09. The Bertz CT molecular complexity index is 618. The standard InChI is InChI=1S/C17H21FN2O4/c1-24-16(23)11-19-14(21)6-8-17(9-7-15(22)20-17)10-12-2-4-13(18)5-3-12/h2-5H,6-11H2,1H3,(H,19,21)(H,20,22)/t17-/m1/s1. The van der Waals surface area contributed by atoms with E-state index in [9.17, 15) is 18.8 Å². The largest absolute Gasteiger partial charge is 0.468 e. The summed E-state index contributed by atoms with van der Waals surface area (Å²) in [7, 11) is 1.25. The fourth-order valence-electron chi connectivity index (χ4n) is 2.86. The third-order valence-corrected chi connectivity index (χ3v) is 4.18. The summed E-state index contributed by atoms with van der Waals surface area (Å²) in [5.41, 5.74) is 0.380. The molecule has 0 radical (unpaired) electrons. The summed E-state index contributed by atoms with van der Waals surface area (Å²) in [6.07, 6.45) is 2.18. The van der Waals surface area contributed by atoms with Gasteiger partial charge in [0.15, 0.2) is 0 Å². The summed E-state index contributed by atoms with van der Waals surface area (Å²) < 4.78 is 17.5. The third kappa shape index (κ3) is 5.04. The summed E-state index contributed by atoms with van der Waals surface area (Å²) in [4.78, 5) is 34.6. The first-order valence-corrected chi connectivity index (χ1v) is 7.81. The maximum Gasteiger partial charge on any atom is 0.325 e. The van der Waals surface area contributed by atoms with E-state index in [1.807, 2.05) is 0 Å². The van der Waals surface area contributed by atoms with Crippen molar-refractivity contribution in [2.75, 3.05) is 13.7 Å². The van der Waals surface area contributed by atoms with E-state index in [0.29, 0.717) is 25.7 Å². The number of benzene rings is 1. The molecule has 24 heavy (non-hydrogen) atoms. The number of ether oxygens (including phenoxy) is 1. The highest BCUT2D eigenvalue weighted by atomic mass is 19.1. The fraction of sp³-hybridized carbons (Fsp3) is 0.471. The van der Waals surface area contributed by atoms with Gasteiger partial charge in [-0.3, -0.25) is 14.4 Å². The molecule has 1 aromatic carbocycles. The van der Waals surface area contributed by atoms with Gasteiger partial charge in [-0.1, -0.05) is 12.1 Å². The lowest BCUT2D eigenvalue weighted by molar-refractivity contribution is -0.141. The summed E-state index contributed by atoms with van der Waals surface area (Å²) in [6.45, 7) is -0.174. The average Bonchev–Trinajstić information content (AvgIpc) is 2.94. The van der Waals surface area contributed by atoms with Gasteiger partial charge < -0.3 is 15.4 Å². The number of nitrogens with one attached hydrogen (secondary N) is 2. The highest BCUT2D eigenvalue weighted by molar-refractivity contribution is 5.82. The Morgan fingerprint density at radius 3 is 2.62 bits per heavy atom. The van der Waals surface area contributed by atoms with Crippen molar-refractivity contribution in [2.45, 2.75) is 37.6 Å². The van der Waals surface area contributed by atoms with Crippen LogP contribution in [-0.2, 0) is 25.5 Å². The summed E-state index contributed by atoms with van der Waals surface area (Å²) in [6, 6.07) is 6.11. The van der Waals surface area contributed by atoms with Crippen LogP contribution < -0.4 is 10.6 Å². The Morgan fingerprint density at radius 1 is 1.33 bits per heavy atom. The van der Waals surface area contributed by atoms with E-state index in [1.165, 1.54) is 19.2 Å². The van der Waals surface area contributed by atoms with Crippen LogP contribution in [0.15, 0.2) is 24.3 Å². The number of carbonyl (C=O) groups is 3. The minimum absolute atomic E-state index is 0.0490. The second kappa shape index (κ2) is 7.90. The molecule has 0 aliphatic carbocycles. The third-order valence-electron chi connectivity index (χ3n) is 4.18. The molecule has 1 aliphatic rings. The molecule has 0 unspecified atom stereocenters. The van der Waals surface area contributed by atoms with Gasteiger partial charge in [-0.2, -0.15) is 0 Å². The quantitative estimate of drug-likeness (QED) is 0.730. The molecule has 2 N–H and O–H groups in total. The predicted molar refractivity (Wildman–Crippen MR) is 84.5 cm³/mol. The molecular formula is C17H21FN2O4. The van der Waals surface area contributed by atoms with E-state index >= 15 is 0 Å². The molecule has 2 amide bonds. The molecule has 7 heteroatoms. The molecule has 1 atom stereocenters. The highest BCUT2D eigenvalue weighted by Crippen LogP contribution is 2.29. The smallest absolute Gasteiger partial charge is 0.325 e. The Balaban J connectivity index is 1.95. The Morgan fingerprint density at radius 2 is 2.04 bits per heavy atom. The fourth-order valence-corrected chi connectivity index (χ4v) is 2.86. The second-order valence-corrected chi connectivity index (χ2v) is 5.98. The van der Waals surface area contributed by atoms with Crippen molar-refractivity contribution in [3.8, 4) is 0 Å². The average molecular weight is 336 g/mol. The number of hydrogen-bond acceptors (Lipinski definition) is 4. The van der Waals surface area contributed by atoms with Gasteiger partial charge >= 0.3 is 5.97 Å². The Kier molecular flexibility index (Phi) is 5.89. The molecule has 2 rings (SSSR count). The molecule has 0 aromatic heterocycles. The SMILES string of the molecule is COC(=O)CNC(=O)CC[C@]1(Cc2ccc(F)cc2)CCC(=O)N1. The number of halogens is 1. The first-order valence-electron chi connectivity index (χ1n) is 7.81. The van der Waals surface area contributed by atoms with Gasteiger partial charge in [0, 0.05) is 18.4 Å². The molecule has 6 nitrogen and oxygen atoms in total. The maximum absolute atomic E-state index is 13.0. The molecule has 130 valence electrons. The lowest BCUT2D eigenvalue weighted by atomic mass is 9.85. The van der Waals surface area contributed by atoms with Crippen LogP contribution in [0, 0.1) is 5.82 Å². The minimum Gasteiger partial charge on any atom is -0.468 e. The van der Waals surface area contributed by atoms with Crippen molar-refractivity contribution in [1.82, 2.24) is 10.6 Å². The zero-order chi connectivity index (χ0) is 17.6. The van der Waals surface area contributed by atoms with Crippen molar-refractivity contribution in [3.05, 3.63) is 35.6 Å². The van der Waals surface area contributed by atoms with Crippen molar-refractivity contribution >= 4 is 17.8 Å². The maximum atomic E-state index is 13.0. The molecule has 1 heterocycles. The minimum atomic E-state index is -0.516. The number of carbonyl (C=O) groups excluding carboxylic acids is 3. The van der Waals surface area contributed by atoms with Gasteiger partial charge in [-0.25, -0.2) is 4.39 Å². The van der Waals surface area contributed by atoms with E-state index in [2.05, 4.69) is 15.4 Å². The van der Waals surface area contributed by atoms with Gasteiger partial charge in [0.25, 0.3) is 0 Å². The molecule has 0 bridgehead atoms. The van der Waals surface area contributed by atoms with Crippen LogP contribution in [-0.4, -0.2) is 37.0 Å².